The minimum absolute atomic E-state index is 0.0902. The summed E-state index contributed by atoms with van der Waals surface area (Å²) in [7, 11) is 0. The van der Waals surface area contributed by atoms with Crippen molar-refractivity contribution in [3.8, 4) is 5.75 Å². The first-order chi connectivity index (χ1) is 9.75. The largest absolute Gasteiger partial charge is 0.505 e. The Bertz CT molecular complexity index is 766. The van der Waals surface area contributed by atoms with Crippen molar-refractivity contribution in [2.24, 2.45) is 0 Å². The first kappa shape index (κ1) is 12.2. The summed E-state index contributed by atoms with van der Waals surface area (Å²) >= 11 is 0. The zero-order valence-corrected chi connectivity index (χ0v) is 10.7. The highest BCUT2D eigenvalue weighted by molar-refractivity contribution is 6.07. The maximum Gasteiger partial charge on any atom is 0.255 e. The smallest absolute Gasteiger partial charge is 0.255 e. The molecule has 3 nitrogen and oxygen atoms in total. The van der Waals surface area contributed by atoms with Crippen molar-refractivity contribution in [1.82, 2.24) is 0 Å². The van der Waals surface area contributed by atoms with Crippen LogP contribution >= 0.6 is 0 Å². The fourth-order valence-electron chi connectivity index (χ4n) is 2.14. The molecule has 0 saturated heterocycles. The fourth-order valence-corrected chi connectivity index (χ4v) is 2.14. The quantitative estimate of drug-likeness (QED) is 0.691. The molecular formula is C17H13NO2. The van der Waals surface area contributed by atoms with E-state index in [9.17, 15) is 9.90 Å². The van der Waals surface area contributed by atoms with Gasteiger partial charge in [0.15, 0.2) is 0 Å². The molecule has 1 amide bonds. The lowest BCUT2D eigenvalue weighted by Crippen LogP contribution is -2.11. The second-order valence-electron chi connectivity index (χ2n) is 4.50. The molecule has 0 aliphatic rings. The Kier molecular flexibility index (Phi) is 3.09. The Balaban J connectivity index is 1.95. The normalized spacial score (nSPS) is 10.4. The Morgan fingerprint density at radius 3 is 2.35 bits per heavy atom. The molecule has 0 heterocycles. The Morgan fingerprint density at radius 2 is 1.55 bits per heavy atom. The number of phenols is 1. The topological polar surface area (TPSA) is 49.3 Å². The number of fused-ring (bicyclic) bond motifs is 1. The van der Waals surface area contributed by atoms with Crippen LogP contribution in [-0.4, -0.2) is 11.0 Å². The van der Waals surface area contributed by atoms with Gasteiger partial charge in [0.1, 0.15) is 5.75 Å². The van der Waals surface area contributed by atoms with E-state index in [0.29, 0.717) is 11.3 Å². The van der Waals surface area contributed by atoms with Gasteiger partial charge in [-0.3, -0.25) is 4.79 Å². The minimum Gasteiger partial charge on any atom is -0.505 e. The number of phenolic OH excluding ortho intramolecular Hbond substituents is 1. The van der Waals surface area contributed by atoms with Gasteiger partial charge in [0, 0.05) is 10.9 Å². The first-order valence-corrected chi connectivity index (χ1v) is 6.33. The third kappa shape index (κ3) is 2.21. The van der Waals surface area contributed by atoms with E-state index in [-0.39, 0.29) is 11.7 Å². The summed E-state index contributed by atoms with van der Waals surface area (Å²) in [5.41, 5.74) is 0.970. The van der Waals surface area contributed by atoms with Gasteiger partial charge in [-0.05, 0) is 23.6 Å². The highest BCUT2D eigenvalue weighted by Gasteiger charge is 2.10. The lowest BCUT2D eigenvalue weighted by molar-refractivity contribution is 0.102. The number of rotatable bonds is 2. The summed E-state index contributed by atoms with van der Waals surface area (Å²) in [5.74, 6) is -0.149. The predicted octanol–water partition coefficient (Wildman–Crippen LogP) is 3.80. The lowest BCUT2D eigenvalue weighted by Gasteiger charge is -2.09. The van der Waals surface area contributed by atoms with Gasteiger partial charge in [-0.15, -0.1) is 0 Å². The van der Waals surface area contributed by atoms with Gasteiger partial charge in [0.2, 0.25) is 0 Å². The highest BCUT2D eigenvalue weighted by Crippen LogP contribution is 2.32. The molecule has 0 aromatic heterocycles. The molecule has 0 bridgehead atoms. The monoisotopic (exact) mass is 263 g/mol. The van der Waals surface area contributed by atoms with Crippen LogP contribution in [0.5, 0.6) is 5.75 Å². The average Bonchev–Trinajstić information content (AvgIpc) is 2.51. The zero-order valence-electron chi connectivity index (χ0n) is 10.7. The predicted molar refractivity (Wildman–Crippen MR) is 80.0 cm³/mol. The molecule has 98 valence electrons. The molecule has 0 spiro atoms. The van der Waals surface area contributed by atoms with E-state index in [1.54, 1.807) is 30.3 Å². The van der Waals surface area contributed by atoms with Crippen molar-refractivity contribution in [3.63, 3.8) is 0 Å². The molecule has 3 rings (SSSR count). The summed E-state index contributed by atoms with van der Waals surface area (Å²) < 4.78 is 0. The van der Waals surface area contributed by atoms with Gasteiger partial charge in [-0.25, -0.2) is 0 Å². The van der Waals surface area contributed by atoms with Crippen LogP contribution in [0.3, 0.4) is 0 Å². The molecule has 20 heavy (non-hydrogen) atoms. The van der Waals surface area contributed by atoms with Gasteiger partial charge in [0.05, 0.1) is 5.69 Å². The van der Waals surface area contributed by atoms with Crippen LogP contribution in [0.15, 0.2) is 66.7 Å². The van der Waals surface area contributed by atoms with E-state index in [2.05, 4.69) is 5.32 Å². The van der Waals surface area contributed by atoms with Crippen LogP contribution in [0, 0.1) is 0 Å². The fraction of sp³-hybridized carbons (Fsp3) is 0. The van der Waals surface area contributed by atoms with Crippen LogP contribution in [0.2, 0.25) is 0 Å². The van der Waals surface area contributed by atoms with Crippen LogP contribution in [0.1, 0.15) is 10.4 Å². The van der Waals surface area contributed by atoms with Crippen molar-refractivity contribution < 1.29 is 9.90 Å². The number of amides is 1. The van der Waals surface area contributed by atoms with E-state index in [0.717, 1.165) is 10.8 Å². The standard InChI is InChI=1S/C17H13NO2/c19-16-14-9-5-4-6-12(14)10-11-15(16)18-17(20)13-7-2-1-3-8-13/h1-11,19H,(H,18,20). The number of anilines is 1. The molecule has 3 aromatic carbocycles. The average molecular weight is 263 g/mol. The highest BCUT2D eigenvalue weighted by atomic mass is 16.3. The maximum atomic E-state index is 12.1. The van der Waals surface area contributed by atoms with E-state index < -0.39 is 0 Å². The molecule has 0 aliphatic heterocycles. The molecule has 3 heteroatoms. The van der Waals surface area contributed by atoms with Gasteiger partial charge in [-0.2, -0.15) is 0 Å². The van der Waals surface area contributed by atoms with Crippen molar-refractivity contribution in [2.75, 3.05) is 5.32 Å². The minimum atomic E-state index is -0.240. The number of hydrogen-bond acceptors (Lipinski definition) is 2. The summed E-state index contributed by atoms with van der Waals surface area (Å²) in [6, 6.07) is 20.0. The molecule has 0 saturated carbocycles. The number of carbonyl (C=O) groups excluding carboxylic acids is 1. The van der Waals surface area contributed by atoms with Crippen LogP contribution in [-0.2, 0) is 0 Å². The second-order valence-corrected chi connectivity index (χ2v) is 4.50. The van der Waals surface area contributed by atoms with Crippen LogP contribution in [0.25, 0.3) is 10.8 Å². The summed E-state index contributed by atoms with van der Waals surface area (Å²) in [5, 5.41) is 14.6. The Labute approximate surface area is 116 Å². The third-order valence-corrected chi connectivity index (χ3v) is 3.18. The van der Waals surface area contributed by atoms with Gasteiger partial charge < -0.3 is 10.4 Å². The summed E-state index contributed by atoms with van der Waals surface area (Å²) in [6.07, 6.45) is 0. The Morgan fingerprint density at radius 1 is 0.850 bits per heavy atom. The number of aromatic hydroxyl groups is 1. The molecular weight excluding hydrogens is 250 g/mol. The lowest BCUT2D eigenvalue weighted by atomic mass is 10.1. The third-order valence-electron chi connectivity index (χ3n) is 3.18. The van der Waals surface area contributed by atoms with Crippen LogP contribution in [0.4, 0.5) is 5.69 Å². The summed E-state index contributed by atoms with van der Waals surface area (Å²) in [4.78, 5) is 12.1. The SMILES string of the molecule is O=C(Nc1ccc2ccccc2c1O)c1ccccc1. The molecule has 0 radical (unpaired) electrons. The van der Waals surface area contributed by atoms with Gasteiger partial charge >= 0.3 is 0 Å². The molecule has 0 aliphatic carbocycles. The van der Waals surface area contributed by atoms with Crippen molar-refractivity contribution in [1.29, 1.82) is 0 Å². The van der Waals surface area contributed by atoms with E-state index >= 15 is 0 Å². The van der Waals surface area contributed by atoms with E-state index in [4.69, 9.17) is 0 Å². The van der Waals surface area contributed by atoms with Gasteiger partial charge in [0.25, 0.3) is 5.91 Å². The maximum absolute atomic E-state index is 12.1. The molecule has 2 N–H and O–H groups in total. The number of nitrogens with one attached hydrogen (secondary N) is 1. The number of benzene rings is 3. The van der Waals surface area contributed by atoms with E-state index in [1.165, 1.54) is 0 Å². The molecule has 0 fully saturated rings. The molecule has 3 aromatic rings. The number of carbonyl (C=O) groups is 1. The van der Waals surface area contributed by atoms with Crippen molar-refractivity contribution in [2.45, 2.75) is 0 Å². The first-order valence-electron chi connectivity index (χ1n) is 6.33. The van der Waals surface area contributed by atoms with E-state index in [1.807, 2.05) is 36.4 Å². The van der Waals surface area contributed by atoms with Crippen LogP contribution < -0.4 is 5.32 Å². The Hall–Kier alpha value is -2.81. The zero-order chi connectivity index (χ0) is 13.9. The summed E-state index contributed by atoms with van der Waals surface area (Å²) in [6.45, 7) is 0. The van der Waals surface area contributed by atoms with Crippen molar-refractivity contribution in [3.05, 3.63) is 72.3 Å². The second kappa shape index (κ2) is 5.05. The molecule has 0 unspecified atom stereocenters. The van der Waals surface area contributed by atoms with Gasteiger partial charge in [-0.1, -0.05) is 48.5 Å². The number of hydrogen-bond donors (Lipinski definition) is 2. The molecule has 0 atom stereocenters. The van der Waals surface area contributed by atoms with Crippen molar-refractivity contribution >= 4 is 22.4 Å².